The van der Waals surface area contributed by atoms with E-state index in [2.05, 4.69) is 49.0 Å². The summed E-state index contributed by atoms with van der Waals surface area (Å²) in [6.45, 7) is 10.8. The summed E-state index contributed by atoms with van der Waals surface area (Å²) in [5.74, 6) is 0. The van der Waals surface area contributed by atoms with Crippen molar-refractivity contribution in [1.29, 1.82) is 0 Å². The summed E-state index contributed by atoms with van der Waals surface area (Å²) in [5.41, 5.74) is 0. The Kier molecular flexibility index (Phi) is 38.0. The first-order valence-electron chi connectivity index (χ1n) is 13.0. The van der Waals surface area contributed by atoms with E-state index in [1.165, 1.54) is 127 Å². The zero-order chi connectivity index (χ0) is 21.5. The van der Waals surface area contributed by atoms with E-state index in [4.69, 9.17) is 0 Å². The Bertz CT molecular complexity index is 284. The molecule has 4 heteroatoms. The van der Waals surface area contributed by atoms with Crippen molar-refractivity contribution in [2.24, 2.45) is 0 Å². The molecule has 0 spiro atoms. The van der Waals surface area contributed by atoms with E-state index in [1.54, 1.807) is 4.90 Å². The van der Waals surface area contributed by atoms with Crippen molar-refractivity contribution < 1.29 is 43.3 Å². The van der Waals surface area contributed by atoms with Gasteiger partial charge in [0.2, 0.25) is 0 Å². The molecule has 0 rings (SSSR count). The Balaban J connectivity index is -0.000000213. The molecule has 30 heavy (non-hydrogen) atoms. The maximum absolute atomic E-state index is 2.33. The summed E-state index contributed by atoms with van der Waals surface area (Å²) in [5, 5.41) is 0. The van der Waals surface area contributed by atoms with Crippen LogP contribution in [0, 0.1) is 0 Å². The normalized spacial score (nSPS) is 10.8. The first-order valence-corrected chi connectivity index (χ1v) is 13.0. The highest BCUT2D eigenvalue weighted by atomic mass is 79.9. The van der Waals surface area contributed by atoms with Crippen LogP contribution < -0.4 is 38.9 Å². The number of halogens is 2. The number of rotatable bonds is 19. The van der Waals surface area contributed by atoms with E-state index in [1.807, 2.05) is 0 Å². The molecule has 0 aliphatic rings. The van der Waals surface area contributed by atoms with Crippen LogP contribution in [-0.2, 0) is 0 Å². The van der Waals surface area contributed by atoms with Gasteiger partial charge in [-0.1, -0.05) is 90.9 Å². The first kappa shape index (κ1) is 38.2. The summed E-state index contributed by atoms with van der Waals surface area (Å²) in [4.78, 5) is 1.59. The van der Waals surface area contributed by atoms with Crippen LogP contribution in [-0.4, -0.2) is 52.3 Å². The number of nitrogens with zero attached hydrogens (tertiary/aromatic N) is 1. The fourth-order valence-electron chi connectivity index (χ4n) is 3.44. The number of unbranched alkanes of at least 4 members (excludes halogenated alkanes) is 14. The standard InChI is InChI=1S/C14H32N.C12H27N.2BrH/c1-5-7-8-9-10-11-12-13-14-15(3,4)6-2;1-4-5-6-7-8-9-10-11-12-13(2)3;;/h5-14H2,1-4H3;4-12H2,1-3H3;2*1H/q+1;;;/p-1. The molecule has 0 heterocycles. The third-order valence-electron chi connectivity index (χ3n) is 6.00. The fraction of sp³-hybridized carbons (Fsp3) is 1.00. The second kappa shape index (κ2) is 29.9. The zero-order valence-corrected chi connectivity index (χ0v) is 25.3. The Morgan fingerprint density at radius 1 is 0.500 bits per heavy atom. The number of hydrogen-bond acceptors (Lipinski definition) is 0. The molecular formula is C26H60Br2N2. The van der Waals surface area contributed by atoms with Crippen LogP contribution >= 0.6 is 0 Å². The predicted molar refractivity (Wildman–Crippen MR) is 130 cm³/mol. The second-order valence-electron chi connectivity index (χ2n) is 9.88. The van der Waals surface area contributed by atoms with Gasteiger partial charge < -0.3 is 43.3 Å². The predicted octanol–water partition coefficient (Wildman–Crippen LogP) is 0.503. The minimum Gasteiger partial charge on any atom is -1.00 e. The van der Waals surface area contributed by atoms with Crippen molar-refractivity contribution in [3.8, 4) is 0 Å². The molecule has 0 fully saturated rings. The molecule has 0 radical (unpaired) electrons. The van der Waals surface area contributed by atoms with Crippen molar-refractivity contribution in [3.05, 3.63) is 0 Å². The highest BCUT2D eigenvalue weighted by Crippen LogP contribution is 2.10. The highest BCUT2D eigenvalue weighted by Gasteiger charge is 2.09. The van der Waals surface area contributed by atoms with Crippen molar-refractivity contribution >= 4 is 0 Å². The molecule has 2 nitrogen and oxygen atoms in total. The summed E-state index contributed by atoms with van der Waals surface area (Å²) >= 11 is 0. The van der Waals surface area contributed by atoms with Gasteiger partial charge in [0.1, 0.15) is 0 Å². The minimum absolute atomic E-state index is 0. The van der Waals surface area contributed by atoms with Gasteiger partial charge in [-0.25, -0.2) is 0 Å². The van der Waals surface area contributed by atoms with Gasteiger partial charge in [0.15, 0.2) is 0 Å². The maximum atomic E-state index is 2.33. The fourth-order valence-corrected chi connectivity index (χ4v) is 3.44. The largest absolute Gasteiger partial charge is 1.00 e. The lowest BCUT2D eigenvalue weighted by atomic mass is 10.1. The van der Waals surface area contributed by atoms with Crippen molar-refractivity contribution in [2.75, 3.05) is 47.8 Å². The van der Waals surface area contributed by atoms with E-state index >= 15 is 0 Å². The third-order valence-corrected chi connectivity index (χ3v) is 6.00. The average Bonchev–Trinajstić information content (AvgIpc) is 2.66. The smallest absolute Gasteiger partial charge is 0.0782 e. The third kappa shape index (κ3) is 36.3. The molecule has 0 saturated heterocycles. The lowest BCUT2D eigenvalue weighted by molar-refractivity contribution is -0.888. The van der Waals surface area contributed by atoms with Crippen LogP contribution in [0.2, 0.25) is 0 Å². The van der Waals surface area contributed by atoms with Gasteiger partial charge in [-0.05, 0) is 32.6 Å². The Hall–Kier alpha value is 0.880. The monoisotopic (exact) mass is 558 g/mol. The van der Waals surface area contributed by atoms with Crippen LogP contribution in [0.5, 0.6) is 0 Å². The molecule has 0 unspecified atom stereocenters. The molecule has 0 saturated carbocycles. The molecule has 0 amide bonds. The van der Waals surface area contributed by atoms with E-state index in [9.17, 15) is 0 Å². The van der Waals surface area contributed by atoms with Crippen LogP contribution in [0.4, 0.5) is 0 Å². The van der Waals surface area contributed by atoms with Gasteiger partial charge in [0.25, 0.3) is 0 Å². The van der Waals surface area contributed by atoms with Gasteiger partial charge in [0, 0.05) is 0 Å². The Morgan fingerprint density at radius 3 is 1.17 bits per heavy atom. The molecule has 0 bridgehead atoms. The van der Waals surface area contributed by atoms with Gasteiger partial charge in [-0.2, -0.15) is 0 Å². The summed E-state index contributed by atoms with van der Waals surface area (Å²) in [6, 6.07) is 0. The second-order valence-corrected chi connectivity index (χ2v) is 9.88. The number of quaternary nitrogens is 2. The van der Waals surface area contributed by atoms with Gasteiger partial charge >= 0.3 is 0 Å². The lowest BCUT2D eigenvalue weighted by Crippen LogP contribution is -3.05. The molecular weight excluding hydrogens is 500 g/mol. The van der Waals surface area contributed by atoms with E-state index < -0.39 is 0 Å². The molecule has 0 aliphatic carbocycles. The Morgan fingerprint density at radius 2 is 0.833 bits per heavy atom. The van der Waals surface area contributed by atoms with Crippen LogP contribution in [0.25, 0.3) is 0 Å². The molecule has 0 atom stereocenters. The Labute approximate surface area is 214 Å². The average molecular weight is 561 g/mol. The van der Waals surface area contributed by atoms with E-state index in [0.717, 1.165) is 0 Å². The summed E-state index contributed by atoms with van der Waals surface area (Å²) < 4.78 is 1.19. The van der Waals surface area contributed by atoms with Crippen LogP contribution in [0.15, 0.2) is 0 Å². The molecule has 0 aromatic rings. The minimum atomic E-state index is 0. The highest BCUT2D eigenvalue weighted by molar-refractivity contribution is 4.46. The number of hydrogen-bond donors (Lipinski definition) is 1. The SMILES string of the molecule is CCCCCCCCCC[N+](C)(C)CC.CCCCCCCCCC[NH+](C)C.[Br-].[Br-]. The molecule has 0 aliphatic heterocycles. The first-order chi connectivity index (χ1) is 13.4. The van der Waals surface area contributed by atoms with E-state index in [-0.39, 0.29) is 34.0 Å². The van der Waals surface area contributed by atoms with Gasteiger partial charge in [0.05, 0.1) is 47.8 Å². The quantitative estimate of drug-likeness (QED) is 0.174. The summed E-state index contributed by atoms with van der Waals surface area (Å²) in [7, 11) is 9.14. The lowest BCUT2D eigenvalue weighted by Gasteiger charge is -2.28. The molecule has 0 aromatic carbocycles. The van der Waals surface area contributed by atoms with Crippen molar-refractivity contribution in [1.82, 2.24) is 0 Å². The molecule has 188 valence electrons. The maximum Gasteiger partial charge on any atom is 0.0782 e. The van der Waals surface area contributed by atoms with Crippen molar-refractivity contribution in [2.45, 2.75) is 124 Å². The molecule has 0 aromatic heterocycles. The number of nitrogens with one attached hydrogen (secondary N) is 1. The van der Waals surface area contributed by atoms with Gasteiger partial charge in [-0.3, -0.25) is 0 Å². The summed E-state index contributed by atoms with van der Waals surface area (Å²) in [6.07, 6.45) is 22.9. The van der Waals surface area contributed by atoms with Crippen LogP contribution in [0.1, 0.15) is 124 Å². The van der Waals surface area contributed by atoms with E-state index in [0.29, 0.717) is 0 Å². The van der Waals surface area contributed by atoms with Crippen LogP contribution in [0.3, 0.4) is 0 Å². The van der Waals surface area contributed by atoms with Crippen molar-refractivity contribution in [3.63, 3.8) is 0 Å². The zero-order valence-electron chi connectivity index (χ0n) is 22.1. The van der Waals surface area contributed by atoms with Gasteiger partial charge in [-0.15, -0.1) is 0 Å². The molecule has 1 N–H and O–H groups in total. The topological polar surface area (TPSA) is 4.44 Å².